The molecular formula is C20H30N2O3S. The van der Waals surface area contributed by atoms with Gasteiger partial charge in [-0.05, 0) is 44.0 Å². The molecule has 0 unspecified atom stereocenters. The number of carbonyl (C=O) groups excluding carboxylic acids is 2. The minimum absolute atomic E-state index is 0.0476. The molecule has 0 aliphatic carbocycles. The Balaban J connectivity index is 1.79. The zero-order chi connectivity index (χ0) is 19.3. The number of benzene rings is 1. The lowest BCUT2D eigenvalue weighted by molar-refractivity contribution is -0.140. The molecule has 1 aliphatic rings. The van der Waals surface area contributed by atoms with Gasteiger partial charge in [-0.3, -0.25) is 9.59 Å². The molecule has 1 aromatic carbocycles. The molecular weight excluding hydrogens is 348 g/mol. The molecule has 1 atom stereocenters. The molecule has 1 fully saturated rings. The fraction of sp³-hybridized carbons (Fsp3) is 0.600. The molecule has 0 spiro atoms. The van der Waals surface area contributed by atoms with E-state index in [0.717, 1.165) is 23.5 Å². The van der Waals surface area contributed by atoms with Crippen molar-refractivity contribution in [1.29, 1.82) is 0 Å². The second-order valence-corrected chi connectivity index (χ2v) is 9.17. The molecule has 1 saturated heterocycles. The first kappa shape index (κ1) is 20.6. The SMILES string of the molecule is COc1ccc(S[C@H](C)C(=O)NC2CCN(C(=O)C(C)(C)C)CC2)cc1. The van der Waals surface area contributed by atoms with E-state index in [4.69, 9.17) is 4.74 Å². The summed E-state index contributed by atoms with van der Waals surface area (Å²) in [5.41, 5.74) is -0.348. The second-order valence-electron chi connectivity index (χ2n) is 7.76. The highest BCUT2D eigenvalue weighted by atomic mass is 32.2. The van der Waals surface area contributed by atoms with E-state index in [1.54, 1.807) is 7.11 Å². The van der Waals surface area contributed by atoms with Gasteiger partial charge in [0.1, 0.15) is 5.75 Å². The highest BCUT2D eigenvalue weighted by molar-refractivity contribution is 8.00. The van der Waals surface area contributed by atoms with Crippen LogP contribution in [0.3, 0.4) is 0 Å². The van der Waals surface area contributed by atoms with E-state index in [9.17, 15) is 9.59 Å². The van der Waals surface area contributed by atoms with Crippen molar-refractivity contribution in [3.63, 3.8) is 0 Å². The van der Waals surface area contributed by atoms with Gasteiger partial charge in [-0.1, -0.05) is 20.8 Å². The number of thioether (sulfide) groups is 1. The van der Waals surface area contributed by atoms with E-state index in [1.165, 1.54) is 11.8 Å². The summed E-state index contributed by atoms with van der Waals surface area (Å²) in [6.45, 7) is 9.18. The predicted molar refractivity (Wildman–Crippen MR) is 106 cm³/mol. The Labute approximate surface area is 160 Å². The number of rotatable bonds is 5. The molecule has 1 heterocycles. The molecule has 1 aliphatic heterocycles. The largest absolute Gasteiger partial charge is 0.497 e. The Bertz CT molecular complexity index is 617. The van der Waals surface area contributed by atoms with Crippen molar-refractivity contribution in [1.82, 2.24) is 10.2 Å². The van der Waals surface area contributed by atoms with Crippen LogP contribution in [0.15, 0.2) is 29.2 Å². The van der Waals surface area contributed by atoms with Gasteiger partial charge in [0.05, 0.1) is 12.4 Å². The lowest BCUT2D eigenvalue weighted by atomic mass is 9.93. The summed E-state index contributed by atoms with van der Waals surface area (Å²) in [4.78, 5) is 27.8. The second kappa shape index (κ2) is 8.80. The Hall–Kier alpha value is -1.69. The summed E-state index contributed by atoms with van der Waals surface area (Å²) < 4.78 is 5.15. The molecule has 26 heavy (non-hydrogen) atoms. The van der Waals surface area contributed by atoms with E-state index >= 15 is 0 Å². The smallest absolute Gasteiger partial charge is 0.233 e. The summed E-state index contributed by atoms with van der Waals surface area (Å²) in [7, 11) is 1.64. The van der Waals surface area contributed by atoms with Crippen LogP contribution in [-0.2, 0) is 9.59 Å². The Morgan fingerprint density at radius 2 is 1.77 bits per heavy atom. The highest BCUT2D eigenvalue weighted by Crippen LogP contribution is 2.26. The van der Waals surface area contributed by atoms with E-state index in [1.807, 2.05) is 56.9 Å². The van der Waals surface area contributed by atoms with Crippen molar-refractivity contribution in [3.05, 3.63) is 24.3 Å². The highest BCUT2D eigenvalue weighted by Gasteiger charge is 2.31. The molecule has 6 heteroatoms. The molecule has 0 saturated carbocycles. The molecule has 0 bridgehead atoms. The number of amides is 2. The molecule has 1 aromatic rings. The number of likely N-dealkylation sites (tertiary alicyclic amines) is 1. The maximum absolute atomic E-state index is 12.5. The van der Waals surface area contributed by atoms with E-state index in [-0.39, 0.29) is 28.5 Å². The van der Waals surface area contributed by atoms with Crippen LogP contribution in [0.2, 0.25) is 0 Å². The average Bonchev–Trinajstić information content (AvgIpc) is 2.61. The number of ether oxygens (including phenoxy) is 1. The van der Waals surface area contributed by atoms with Crippen molar-refractivity contribution < 1.29 is 14.3 Å². The van der Waals surface area contributed by atoms with Gasteiger partial charge in [0, 0.05) is 29.4 Å². The monoisotopic (exact) mass is 378 g/mol. The summed E-state index contributed by atoms with van der Waals surface area (Å²) in [6, 6.07) is 7.86. The van der Waals surface area contributed by atoms with Gasteiger partial charge in [0.2, 0.25) is 11.8 Å². The van der Waals surface area contributed by atoms with Gasteiger partial charge < -0.3 is 15.0 Å². The minimum atomic E-state index is -0.348. The fourth-order valence-corrected chi connectivity index (χ4v) is 3.81. The van der Waals surface area contributed by atoms with Crippen molar-refractivity contribution in [2.75, 3.05) is 20.2 Å². The normalized spacial score (nSPS) is 16.9. The van der Waals surface area contributed by atoms with Crippen LogP contribution < -0.4 is 10.1 Å². The van der Waals surface area contributed by atoms with Crippen LogP contribution in [0, 0.1) is 5.41 Å². The third kappa shape index (κ3) is 5.66. The van der Waals surface area contributed by atoms with Crippen molar-refractivity contribution in [2.45, 2.75) is 56.7 Å². The number of hydrogen-bond donors (Lipinski definition) is 1. The van der Waals surface area contributed by atoms with E-state index in [0.29, 0.717) is 13.1 Å². The molecule has 5 nitrogen and oxygen atoms in total. The summed E-state index contributed by atoms with van der Waals surface area (Å²) in [5, 5.41) is 2.97. The number of hydrogen-bond acceptors (Lipinski definition) is 4. The molecule has 2 rings (SSSR count). The van der Waals surface area contributed by atoms with Gasteiger partial charge in [-0.15, -0.1) is 11.8 Å². The Kier molecular flexibility index (Phi) is 6.98. The zero-order valence-corrected chi connectivity index (χ0v) is 17.2. The van der Waals surface area contributed by atoms with Crippen molar-refractivity contribution in [2.24, 2.45) is 5.41 Å². The Morgan fingerprint density at radius 1 is 1.19 bits per heavy atom. The minimum Gasteiger partial charge on any atom is -0.497 e. The number of carbonyl (C=O) groups is 2. The third-order valence-electron chi connectivity index (χ3n) is 4.51. The molecule has 1 N–H and O–H groups in total. The molecule has 0 aromatic heterocycles. The van der Waals surface area contributed by atoms with Crippen molar-refractivity contribution in [3.8, 4) is 5.75 Å². The van der Waals surface area contributed by atoms with Gasteiger partial charge in [0.15, 0.2) is 0 Å². The first-order valence-corrected chi connectivity index (χ1v) is 9.99. The first-order chi connectivity index (χ1) is 12.2. The van der Waals surface area contributed by atoms with E-state index < -0.39 is 0 Å². The lowest BCUT2D eigenvalue weighted by Crippen LogP contribution is -2.50. The van der Waals surface area contributed by atoms with Gasteiger partial charge in [0.25, 0.3) is 0 Å². The fourth-order valence-electron chi connectivity index (χ4n) is 2.93. The van der Waals surface area contributed by atoms with Gasteiger partial charge in [-0.2, -0.15) is 0 Å². The van der Waals surface area contributed by atoms with Crippen LogP contribution in [0.5, 0.6) is 5.75 Å². The number of nitrogens with zero attached hydrogens (tertiary/aromatic N) is 1. The number of piperidine rings is 1. The van der Waals surface area contributed by atoms with Crippen LogP contribution in [0.25, 0.3) is 0 Å². The van der Waals surface area contributed by atoms with Gasteiger partial charge >= 0.3 is 0 Å². The Morgan fingerprint density at radius 3 is 2.27 bits per heavy atom. The molecule has 0 radical (unpaired) electrons. The van der Waals surface area contributed by atoms with Crippen LogP contribution in [-0.4, -0.2) is 48.2 Å². The van der Waals surface area contributed by atoms with Crippen LogP contribution >= 0.6 is 11.8 Å². The summed E-state index contributed by atoms with van der Waals surface area (Å²) >= 11 is 1.54. The standard InChI is InChI=1S/C20H30N2O3S/c1-14(26-17-8-6-16(25-5)7-9-17)18(23)21-15-10-12-22(13-11-15)19(24)20(2,3)4/h6-9,14-15H,10-13H2,1-5H3,(H,21,23)/t14-/m1/s1. The maximum atomic E-state index is 12.5. The predicted octanol–water partition coefficient (Wildman–Crippen LogP) is 3.33. The average molecular weight is 379 g/mol. The lowest BCUT2D eigenvalue weighted by Gasteiger charge is -2.36. The quantitative estimate of drug-likeness (QED) is 0.799. The zero-order valence-electron chi connectivity index (χ0n) is 16.4. The first-order valence-electron chi connectivity index (χ1n) is 9.11. The number of nitrogens with one attached hydrogen (secondary N) is 1. The van der Waals surface area contributed by atoms with Crippen LogP contribution in [0.1, 0.15) is 40.5 Å². The maximum Gasteiger partial charge on any atom is 0.233 e. The van der Waals surface area contributed by atoms with Crippen LogP contribution in [0.4, 0.5) is 0 Å². The summed E-state index contributed by atoms with van der Waals surface area (Å²) in [5.74, 6) is 1.04. The summed E-state index contributed by atoms with van der Waals surface area (Å²) in [6.07, 6.45) is 1.63. The third-order valence-corrected chi connectivity index (χ3v) is 5.62. The van der Waals surface area contributed by atoms with E-state index in [2.05, 4.69) is 5.32 Å². The molecule has 144 valence electrons. The molecule has 2 amide bonds. The van der Waals surface area contributed by atoms with Crippen molar-refractivity contribution >= 4 is 23.6 Å². The number of methoxy groups -OCH3 is 1. The van der Waals surface area contributed by atoms with Gasteiger partial charge in [-0.25, -0.2) is 0 Å². The topological polar surface area (TPSA) is 58.6 Å².